The molecule has 38 heavy (non-hydrogen) atoms. The first-order valence-electron chi connectivity index (χ1n) is 13.9. The van der Waals surface area contributed by atoms with Crippen LogP contribution in [0.5, 0.6) is 5.75 Å². The predicted molar refractivity (Wildman–Crippen MR) is 154 cm³/mol. The molecule has 6 heteroatoms. The summed E-state index contributed by atoms with van der Waals surface area (Å²) in [6, 6.07) is 14.8. The number of anilines is 1. The van der Waals surface area contributed by atoms with E-state index in [4.69, 9.17) is 4.74 Å². The molecular weight excluding hydrogens is 490 g/mol. The van der Waals surface area contributed by atoms with Crippen molar-refractivity contribution in [2.45, 2.75) is 70.6 Å². The van der Waals surface area contributed by atoms with Gasteiger partial charge in [0.05, 0.1) is 7.11 Å². The summed E-state index contributed by atoms with van der Waals surface area (Å²) in [6.07, 6.45) is 10.2. The average molecular weight is 528 g/mol. The Balaban J connectivity index is 1.31. The first-order valence-corrected chi connectivity index (χ1v) is 14.8. The molecule has 0 spiro atoms. The van der Waals surface area contributed by atoms with Crippen LogP contribution < -0.4 is 9.64 Å². The summed E-state index contributed by atoms with van der Waals surface area (Å²) in [6.45, 7) is 2.91. The normalized spacial score (nSPS) is 19.8. The van der Waals surface area contributed by atoms with E-state index in [1.165, 1.54) is 28.9 Å². The van der Waals surface area contributed by atoms with E-state index in [2.05, 4.69) is 64.2 Å². The number of aryl methyl sites for hydroxylation is 1. The minimum atomic E-state index is 0.137. The molecule has 1 heterocycles. The van der Waals surface area contributed by atoms with Gasteiger partial charge in [-0.1, -0.05) is 54.7 Å². The van der Waals surface area contributed by atoms with Crippen LogP contribution >= 0.6 is 11.3 Å². The fraction of sp³-hybridized carbons (Fsp3) is 0.469. The number of nitrogens with zero attached hydrogens (tertiary/aromatic N) is 3. The Hall–Kier alpha value is -3.17. The van der Waals surface area contributed by atoms with Gasteiger partial charge in [0.2, 0.25) is 5.91 Å². The number of benzene rings is 2. The van der Waals surface area contributed by atoms with Gasteiger partial charge in [-0.05, 0) is 98.6 Å². The largest absolute Gasteiger partial charge is 0.496 e. The highest BCUT2D eigenvalue weighted by Gasteiger charge is 2.31. The van der Waals surface area contributed by atoms with Crippen molar-refractivity contribution in [3.63, 3.8) is 0 Å². The molecule has 5 rings (SSSR count). The van der Waals surface area contributed by atoms with Crippen LogP contribution in [-0.2, 0) is 4.79 Å². The molecule has 0 radical (unpaired) electrons. The molecule has 2 aliphatic rings. The molecule has 0 atom stereocenters. The standard InChI is InChI=1S/C32H37N3O2S/c1-23-19-28(16-17-30(23)37-2)26-14-11-25(12-15-26)21-35(32(36)27-8-4-3-5-9-27)29-10-6-7-24(20-29)13-18-31-34-33-22-38-31/h6-7,10,16-17,19-20,22,25-27H,3-5,8-9,11-12,14-15,21H2,1-2H3. The average Bonchev–Trinajstić information content (AvgIpc) is 3.49. The lowest BCUT2D eigenvalue weighted by Gasteiger charge is -2.35. The Morgan fingerprint density at radius 3 is 2.55 bits per heavy atom. The van der Waals surface area contributed by atoms with Gasteiger partial charge in [-0.25, -0.2) is 0 Å². The predicted octanol–water partition coefficient (Wildman–Crippen LogP) is 7.14. The van der Waals surface area contributed by atoms with Crippen LogP contribution in [0.15, 0.2) is 48.0 Å². The molecule has 2 fully saturated rings. The molecule has 2 saturated carbocycles. The van der Waals surface area contributed by atoms with Crippen molar-refractivity contribution < 1.29 is 9.53 Å². The second kappa shape index (κ2) is 12.6. The van der Waals surface area contributed by atoms with Crippen LogP contribution in [-0.4, -0.2) is 29.8 Å². The summed E-state index contributed by atoms with van der Waals surface area (Å²) >= 11 is 1.43. The summed E-state index contributed by atoms with van der Waals surface area (Å²) in [7, 11) is 1.73. The number of carbonyl (C=O) groups excluding carboxylic acids is 1. The lowest BCUT2D eigenvalue weighted by Crippen LogP contribution is -2.41. The maximum Gasteiger partial charge on any atom is 0.230 e. The Kier molecular flexibility index (Phi) is 8.75. The third-order valence-electron chi connectivity index (χ3n) is 8.23. The lowest BCUT2D eigenvalue weighted by atomic mass is 9.78. The van der Waals surface area contributed by atoms with E-state index in [-0.39, 0.29) is 5.92 Å². The maximum atomic E-state index is 13.9. The molecule has 5 nitrogen and oxygen atoms in total. The van der Waals surface area contributed by atoms with Gasteiger partial charge in [0.1, 0.15) is 11.3 Å². The minimum absolute atomic E-state index is 0.137. The smallest absolute Gasteiger partial charge is 0.230 e. The molecule has 2 aliphatic carbocycles. The van der Waals surface area contributed by atoms with Crippen molar-refractivity contribution in [1.29, 1.82) is 0 Å². The van der Waals surface area contributed by atoms with Gasteiger partial charge in [0, 0.05) is 23.7 Å². The van der Waals surface area contributed by atoms with E-state index in [1.807, 2.05) is 12.1 Å². The molecule has 1 aromatic heterocycles. The van der Waals surface area contributed by atoms with Gasteiger partial charge in [-0.15, -0.1) is 10.2 Å². The van der Waals surface area contributed by atoms with Crippen LogP contribution in [0.25, 0.3) is 0 Å². The van der Waals surface area contributed by atoms with Crippen LogP contribution in [0.4, 0.5) is 5.69 Å². The van der Waals surface area contributed by atoms with Crippen molar-refractivity contribution in [2.75, 3.05) is 18.6 Å². The zero-order chi connectivity index (χ0) is 26.3. The monoisotopic (exact) mass is 527 g/mol. The lowest BCUT2D eigenvalue weighted by molar-refractivity contribution is -0.123. The van der Waals surface area contributed by atoms with Crippen molar-refractivity contribution in [3.05, 3.63) is 69.7 Å². The van der Waals surface area contributed by atoms with E-state index < -0.39 is 0 Å². The number of methoxy groups -OCH3 is 1. The highest BCUT2D eigenvalue weighted by atomic mass is 32.1. The van der Waals surface area contributed by atoms with Gasteiger partial charge in [0.15, 0.2) is 5.01 Å². The zero-order valence-corrected chi connectivity index (χ0v) is 23.3. The fourth-order valence-electron chi connectivity index (χ4n) is 6.09. The van der Waals surface area contributed by atoms with E-state index in [0.29, 0.717) is 22.8 Å². The molecule has 198 valence electrons. The maximum absolute atomic E-state index is 13.9. The molecule has 0 saturated heterocycles. The number of rotatable bonds is 6. The highest BCUT2D eigenvalue weighted by Crippen LogP contribution is 2.38. The molecular formula is C32H37N3O2S. The molecule has 0 aliphatic heterocycles. The summed E-state index contributed by atoms with van der Waals surface area (Å²) in [5.41, 5.74) is 6.18. The molecule has 0 N–H and O–H groups in total. The number of ether oxygens (including phenoxy) is 1. The quantitative estimate of drug-likeness (QED) is 0.320. The summed E-state index contributed by atoms with van der Waals surface area (Å²) in [5, 5.41) is 8.59. The van der Waals surface area contributed by atoms with Crippen LogP contribution in [0, 0.1) is 30.6 Å². The fourth-order valence-corrected chi connectivity index (χ4v) is 6.49. The van der Waals surface area contributed by atoms with E-state index >= 15 is 0 Å². The van der Waals surface area contributed by atoms with Crippen molar-refractivity contribution in [3.8, 4) is 17.6 Å². The minimum Gasteiger partial charge on any atom is -0.496 e. The second-order valence-corrected chi connectivity index (χ2v) is 11.6. The second-order valence-electron chi connectivity index (χ2n) is 10.8. The van der Waals surface area contributed by atoms with Gasteiger partial charge in [-0.2, -0.15) is 0 Å². The molecule has 0 bridgehead atoms. The number of carbonyl (C=O) groups is 1. The van der Waals surface area contributed by atoms with Crippen molar-refractivity contribution in [1.82, 2.24) is 10.2 Å². The van der Waals surface area contributed by atoms with E-state index in [0.717, 1.165) is 74.9 Å². The van der Waals surface area contributed by atoms with E-state index in [9.17, 15) is 4.79 Å². The number of aromatic nitrogens is 2. The van der Waals surface area contributed by atoms with Gasteiger partial charge in [0.25, 0.3) is 0 Å². The van der Waals surface area contributed by atoms with Crippen LogP contribution in [0.2, 0.25) is 0 Å². The third-order valence-corrected chi connectivity index (χ3v) is 8.84. The highest BCUT2D eigenvalue weighted by molar-refractivity contribution is 7.09. The summed E-state index contributed by atoms with van der Waals surface area (Å²) in [5.74, 6) is 8.79. The molecule has 2 aromatic carbocycles. The Morgan fingerprint density at radius 2 is 1.84 bits per heavy atom. The molecule has 0 unspecified atom stereocenters. The summed E-state index contributed by atoms with van der Waals surface area (Å²) < 4.78 is 5.45. The van der Waals surface area contributed by atoms with Gasteiger partial charge >= 0.3 is 0 Å². The van der Waals surface area contributed by atoms with Crippen LogP contribution in [0.3, 0.4) is 0 Å². The first kappa shape index (κ1) is 26.4. The Morgan fingerprint density at radius 1 is 1.03 bits per heavy atom. The van der Waals surface area contributed by atoms with Crippen LogP contribution in [0.1, 0.15) is 85.4 Å². The number of hydrogen-bond acceptors (Lipinski definition) is 5. The molecule has 3 aromatic rings. The van der Waals surface area contributed by atoms with Crippen molar-refractivity contribution in [2.24, 2.45) is 11.8 Å². The Bertz CT molecular complexity index is 1280. The number of amides is 1. The van der Waals surface area contributed by atoms with Gasteiger partial charge < -0.3 is 9.64 Å². The van der Waals surface area contributed by atoms with E-state index in [1.54, 1.807) is 12.6 Å². The third kappa shape index (κ3) is 6.45. The van der Waals surface area contributed by atoms with Crippen molar-refractivity contribution >= 4 is 22.9 Å². The van der Waals surface area contributed by atoms with Gasteiger partial charge in [-0.3, -0.25) is 4.79 Å². The zero-order valence-electron chi connectivity index (χ0n) is 22.5. The number of hydrogen-bond donors (Lipinski definition) is 0. The Labute approximate surface area is 230 Å². The SMILES string of the molecule is COc1ccc(C2CCC(CN(C(=O)C3CCCCC3)c3cccc(C#Cc4nncs4)c3)CC2)cc1C. The topological polar surface area (TPSA) is 55.3 Å². The molecule has 1 amide bonds. The first-order chi connectivity index (χ1) is 18.6. The summed E-state index contributed by atoms with van der Waals surface area (Å²) in [4.78, 5) is 16.0.